The highest BCUT2D eigenvalue weighted by atomic mass is 32.1. The lowest BCUT2D eigenvalue weighted by molar-refractivity contribution is 0.113. The normalized spacial score (nSPS) is 17.1. The van der Waals surface area contributed by atoms with Gasteiger partial charge >= 0.3 is 0 Å². The molecule has 1 heterocycles. The monoisotopic (exact) mass is 255 g/mol. The maximum Gasteiger partial charge on any atom is 0.0794 e. The first-order valence-corrected chi connectivity index (χ1v) is 7.20. The highest BCUT2D eigenvalue weighted by Gasteiger charge is 2.34. The lowest BCUT2D eigenvalue weighted by atomic mass is 9.85. The van der Waals surface area contributed by atoms with Crippen LogP contribution in [0.15, 0.2) is 11.7 Å². The zero-order valence-corrected chi connectivity index (χ0v) is 12.5. The van der Waals surface area contributed by atoms with Crippen molar-refractivity contribution in [3.8, 4) is 0 Å². The summed E-state index contributed by atoms with van der Waals surface area (Å²) < 4.78 is 0. The SMILES string of the molecule is CCNC(Cc1cncs1)C(C)(CC)N(C)C. The van der Waals surface area contributed by atoms with Gasteiger partial charge in [-0.05, 0) is 34.0 Å². The van der Waals surface area contributed by atoms with Gasteiger partial charge in [-0.1, -0.05) is 13.8 Å². The van der Waals surface area contributed by atoms with Crippen LogP contribution < -0.4 is 5.32 Å². The summed E-state index contributed by atoms with van der Waals surface area (Å²) in [6.45, 7) is 7.77. The summed E-state index contributed by atoms with van der Waals surface area (Å²) >= 11 is 1.75. The van der Waals surface area contributed by atoms with E-state index in [1.165, 1.54) is 4.88 Å². The highest BCUT2D eigenvalue weighted by molar-refractivity contribution is 7.09. The Kier molecular flexibility index (Phi) is 5.56. The number of hydrogen-bond donors (Lipinski definition) is 1. The minimum Gasteiger partial charge on any atom is -0.312 e. The second kappa shape index (κ2) is 6.47. The molecule has 1 aromatic heterocycles. The molecule has 0 aromatic carbocycles. The first-order chi connectivity index (χ1) is 8.04. The molecule has 0 amide bonds. The van der Waals surface area contributed by atoms with Crippen LogP contribution in [0.25, 0.3) is 0 Å². The first kappa shape index (κ1) is 14.6. The van der Waals surface area contributed by atoms with Crippen LogP contribution in [0.3, 0.4) is 0 Å². The zero-order valence-electron chi connectivity index (χ0n) is 11.7. The van der Waals surface area contributed by atoms with Crippen molar-refractivity contribution >= 4 is 11.3 Å². The third-order valence-corrected chi connectivity index (χ3v) is 4.63. The van der Waals surface area contributed by atoms with E-state index in [0.29, 0.717) is 6.04 Å². The lowest BCUT2D eigenvalue weighted by Gasteiger charge is -2.43. The number of aromatic nitrogens is 1. The van der Waals surface area contributed by atoms with E-state index in [1.54, 1.807) is 11.3 Å². The number of hydrogen-bond acceptors (Lipinski definition) is 4. The number of nitrogens with one attached hydrogen (secondary N) is 1. The molecule has 0 spiro atoms. The van der Waals surface area contributed by atoms with Crippen molar-refractivity contribution in [1.82, 2.24) is 15.2 Å². The standard InChI is InChI=1S/C13H25N3S/c1-6-13(3,16(4)5)12(15-7-2)8-11-9-14-10-17-11/h9-10,12,15H,6-8H2,1-5H3. The van der Waals surface area contributed by atoms with Crippen LogP contribution in [0.2, 0.25) is 0 Å². The molecular weight excluding hydrogens is 230 g/mol. The van der Waals surface area contributed by atoms with E-state index >= 15 is 0 Å². The Bertz CT molecular complexity index is 310. The van der Waals surface area contributed by atoms with Gasteiger partial charge in [0.15, 0.2) is 0 Å². The third-order valence-electron chi connectivity index (χ3n) is 3.83. The van der Waals surface area contributed by atoms with Crippen molar-refractivity contribution in [2.24, 2.45) is 0 Å². The van der Waals surface area contributed by atoms with Crippen LogP contribution in [-0.2, 0) is 6.42 Å². The maximum atomic E-state index is 4.17. The van der Waals surface area contributed by atoms with Gasteiger partial charge in [0.2, 0.25) is 0 Å². The number of nitrogens with zero attached hydrogens (tertiary/aromatic N) is 2. The molecule has 0 aliphatic carbocycles. The van der Waals surface area contributed by atoms with Gasteiger partial charge in [0.1, 0.15) is 0 Å². The molecule has 0 bridgehead atoms. The summed E-state index contributed by atoms with van der Waals surface area (Å²) in [7, 11) is 4.33. The fourth-order valence-corrected chi connectivity index (χ4v) is 2.82. The number of rotatable bonds is 7. The summed E-state index contributed by atoms with van der Waals surface area (Å²) in [5.41, 5.74) is 2.09. The molecule has 98 valence electrons. The Balaban J connectivity index is 2.83. The summed E-state index contributed by atoms with van der Waals surface area (Å²) in [4.78, 5) is 7.86. The average Bonchev–Trinajstić information content (AvgIpc) is 2.80. The molecule has 0 fully saturated rings. The molecule has 0 saturated carbocycles. The molecule has 0 radical (unpaired) electrons. The van der Waals surface area contributed by atoms with Crippen LogP contribution in [0, 0.1) is 0 Å². The molecule has 4 heteroatoms. The predicted octanol–water partition coefficient (Wildman–Crippen LogP) is 2.39. The van der Waals surface area contributed by atoms with E-state index < -0.39 is 0 Å². The molecule has 0 saturated heterocycles. The molecule has 3 nitrogen and oxygen atoms in total. The summed E-state index contributed by atoms with van der Waals surface area (Å²) in [6.07, 6.45) is 4.18. The Morgan fingerprint density at radius 3 is 2.59 bits per heavy atom. The topological polar surface area (TPSA) is 28.2 Å². The first-order valence-electron chi connectivity index (χ1n) is 6.32. The van der Waals surface area contributed by atoms with Gasteiger partial charge in [-0.3, -0.25) is 4.98 Å². The summed E-state index contributed by atoms with van der Waals surface area (Å²) in [5, 5.41) is 3.63. The molecule has 17 heavy (non-hydrogen) atoms. The van der Waals surface area contributed by atoms with Crippen molar-refractivity contribution in [2.75, 3.05) is 20.6 Å². The number of thiazole rings is 1. The van der Waals surface area contributed by atoms with Crippen LogP contribution in [-0.4, -0.2) is 42.1 Å². The minimum absolute atomic E-state index is 0.181. The largest absolute Gasteiger partial charge is 0.312 e. The minimum atomic E-state index is 0.181. The zero-order chi connectivity index (χ0) is 12.9. The molecule has 2 atom stereocenters. The molecule has 1 rings (SSSR count). The summed E-state index contributed by atoms with van der Waals surface area (Å²) in [5.74, 6) is 0. The molecule has 0 aliphatic rings. The third kappa shape index (κ3) is 3.50. The van der Waals surface area contributed by atoms with Crippen LogP contribution in [0.1, 0.15) is 32.1 Å². The average molecular weight is 255 g/mol. The van der Waals surface area contributed by atoms with Gasteiger partial charge in [0.05, 0.1) is 5.51 Å². The Morgan fingerprint density at radius 2 is 2.18 bits per heavy atom. The second-order valence-electron chi connectivity index (χ2n) is 4.89. The fraction of sp³-hybridized carbons (Fsp3) is 0.769. The van der Waals surface area contributed by atoms with Gasteiger partial charge in [-0.2, -0.15) is 0 Å². The molecule has 0 aliphatic heterocycles. The van der Waals surface area contributed by atoms with Gasteiger partial charge in [-0.15, -0.1) is 11.3 Å². The van der Waals surface area contributed by atoms with E-state index in [4.69, 9.17) is 0 Å². The van der Waals surface area contributed by atoms with E-state index in [9.17, 15) is 0 Å². The van der Waals surface area contributed by atoms with Crippen molar-refractivity contribution < 1.29 is 0 Å². The van der Waals surface area contributed by atoms with Gasteiger partial charge in [0, 0.05) is 29.1 Å². The predicted molar refractivity (Wildman–Crippen MR) is 75.7 cm³/mol. The molecule has 1 aromatic rings. The lowest BCUT2D eigenvalue weighted by Crippen LogP contribution is -2.57. The van der Waals surface area contributed by atoms with Gasteiger partial charge < -0.3 is 10.2 Å². The Morgan fingerprint density at radius 1 is 1.47 bits per heavy atom. The Hall–Kier alpha value is -0.450. The van der Waals surface area contributed by atoms with Crippen LogP contribution in [0.4, 0.5) is 0 Å². The smallest absolute Gasteiger partial charge is 0.0794 e. The van der Waals surface area contributed by atoms with Crippen molar-refractivity contribution in [1.29, 1.82) is 0 Å². The molecule has 1 N–H and O–H groups in total. The quantitative estimate of drug-likeness (QED) is 0.811. The fourth-order valence-electron chi connectivity index (χ4n) is 2.18. The number of likely N-dealkylation sites (N-methyl/N-ethyl adjacent to an activating group) is 2. The maximum absolute atomic E-state index is 4.17. The van der Waals surface area contributed by atoms with Crippen LogP contribution >= 0.6 is 11.3 Å². The molecule has 2 unspecified atom stereocenters. The van der Waals surface area contributed by atoms with Gasteiger partial charge in [-0.25, -0.2) is 0 Å². The van der Waals surface area contributed by atoms with Crippen molar-refractivity contribution in [3.63, 3.8) is 0 Å². The highest BCUT2D eigenvalue weighted by Crippen LogP contribution is 2.24. The van der Waals surface area contributed by atoms with E-state index in [1.807, 2.05) is 11.7 Å². The summed E-state index contributed by atoms with van der Waals surface area (Å²) in [6, 6.07) is 0.466. The van der Waals surface area contributed by atoms with Crippen molar-refractivity contribution in [2.45, 2.75) is 45.2 Å². The van der Waals surface area contributed by atoms with E-state index in [0.717, 1.165) is 19.4 Å². The van der Waals surface area contributed by atoms with E-state index in [-0.39, 0.29) is 5.54 Å². The Labute approximate surface area is 109 Å². The van der Waals surface area contributed by atoms with Crippen LogP contribution in [0.5, 0.6) is 0 Å². The van der Waals surface area contributed by atoms with Gasteiger partial charge in [0.25, 0.3) is 0 Å². The second-order valence-corrected chi connectivity index (χ2v) is 5.86. The van der Waals surface area contributed by atoms with E-state index in [2.05, 4.69) is 50.1 Å². The molecular formula is C13H25N3S. The van der Waals surface area contributed by atoms with Crippen molar-refractivity contribution in [3.05, 3.63) is 16.6 Å².